The monoisotopic (exact) mass is 194 g/mol. The zero-order chi connectivity index (χ0) is 10.1. The van der Waals surface area contributed by atoms with Crippen LogP contribution in [0.1, 0.15) is 0 Å². The summed E-state index contributed by atoms with van der Waals surface area (Å²) < 4.78 is 28.0. The van der Waals surface area contributed by atoms with Crippen LogP contribution in [-0.2, 0) is 7.05 Å². The zero-order valence-electron chi connectivity index (χ0n) is 7.54. The van der Waals surface area contributed by atoms with E-state index in [9.17, 15) is 8.78 Å². The molecule has 0 aliphatic heterocycles. The first kappa shape index (κ1) is 8.87. The van der Waals surface area contributed by atoms with Crippen molar-refractivity contribution in [2.24, 2.45) is 7.05 Å². The predicted octanol–water partition coefficient (Wildman–Crippen LogP) is 2.37. The van der Waals surface area contributed by atoms with Gasteiger partial charge in [0.2, 0.25) is 0 Å². The standard InChI is InChI=1S/C10H8F2N2/c1-14-6-7(5-13-14)10-8(11)3-2-4-9(10)12/h2-6H,1H3. The van der Waals surface area contributed by atoms with Gasteiger partial charge in [0, 0.05) is 18.8 Å². The summed E-state index contributed by atoms with van der Waals surface area (Å²) in [6, 6.07) is 3.79. The summed E-state index contributed by atoms with van der Waals surface area (Å²) in [5.74, 6) is -1.14. The van der Waals surface area contributed by atoms with Gasteiger partial charge in [0.15, 0.2) is 0 Å². The fraction of sp³-hybridized carbons (Fsp3) is 0.100. The molecule has 1 heterocycles. The number of halogens is 2. The molecule has 0 atom stereocenters. The van der Waals surface area contributed by atoms with Gasteiger partial charge in [-0.1, -0.05) is 6.07 Å². The Balaban J connectivity index is 2.61. The van der Waals surface area contributed by atoms with Crippen LogP contribution in [0.25, 0.3) is 11.1 Å². The molecule has 0 unspecified atom stereocenters. The molecule has 2 nitrogen and oxygen atoms in total. The lowest BCUT2D eigenvalue weighted by Crippen LogP contribution is -1.88. The van der Waals surface area contributed by atoms with Crippen LogP contribution in [0.5, 0.6) is 0 Å². The second kappa shape index (κ2) is 3.21. The van der Waals surface area contributed by atoms with Crippen LogP contribution in [0.15, 0.2) is 30.6 Å². The lowest BCUT2D eigenvalue weighted by Gasteiger charge is -2.00. The topological polar surface area (TPSA) is 17.8 Å². The molecule has 0 saturated heterocycles. The highest BCUT2D eigenvalue weighted by atomic mass is 19.1. The Labute approximate surface area is 79.8 Å². The Kier molecular flexibility index (Phi) is 2.04. The second-order valence-corrected chi connectivity index (χ2v) is 3.00. The summed E-state index contributed by atoms with van der Waals surface area (Å²) in [5, 5.41) is 3.86. The normalized spacial score (nSPS) is 10.5. The summed E-state index contributed by atoms with van der Waals surface area (Å²) in [6.45, 7) is 0. The van der Waals surface area contributed by atoms with Gasteiger partial charge in [-0.3, -0.25) is 4.68 Å². The van der Waals surface area contributed by atoms with Gasteiger partial charge in [-0.2, -0.15) is 5.10 Å². The van der Waals surface area contributed by atoms with E-state index in [1.54, 1.807) is 13.2 Å². The quantitative estimate of drug-likeness (QED) is 0.681. The first-order valence-electron chi connectivity index (χ1n) is 4.11. The Morgan fingerprint density at radius 1 is 1.21 bits per heavy atom. The molecule has 0 saturated carbocycles. The van der Waals surface area contributed by atoms with E-state index in [2.05, 4.69) is 5.10 Å². The molecule has 0 bridgehead atoms. The molecular weight excluding hydrogens is 186 g/mol. The molecular formula is C10H8F2N2. The number of benzene rings is 1. The smallest absolute Gasteiger partial charge is 0.134 e. The fourth-order valence-electron chi connectivity index (χ4n) is 1.32. The van der Waals surface area contributed by atoms with Crippen molar-refractivity contribution < 1.29 is 8.78 Å². The van der Waals surface area contributed by atoms with Gasteiger partial charge in [-0.05, 0) is 12.1 Å². The van der Waals surface area contributed by atoms with Crippen molar-refractivity contribution in [2.75, 3.05) is 0 Å². The third-order valence-corrected chi connectivity index (χ3v) is 1.96. The Bertz CT molecular complexity index is 443. The summed E-state index contributed by atoms with van der Waals surface area (Å²) in [7, 11) is 1.70. The van der Waals surface area contributed by atoms with Crippen LogP contribution in [0, 0.1) is 11.6 Å². The van der Waals surface area contributed by atoms with Gasteiger partial charge in [0.1, 0.15) is 11.6 Å². The van der Waals surface area contributed by atoms with E-state index >= 15 is 0 Å². The van der Waals surface area contributed by atoms with Crippen LogP contribution in [0.3, 0.4) is 0 Å². The highest BCUT2D eigenvalue weighted by Crippen LogP contribution is 2.24. The molecule has 0 amide bonds. The van der Waals surface area contributed by atoms with Crippen molar-refractivity contribution in [1.82, 2.24) is 9.78 Å². The minimum Gasteiger partial charge on any atom is -0.275 e. The second-order valence-electron chi connectivity index (χ2n) is 3.00. The maximum atomic E-state index is 13.3. The number of hydrogen-bond donors (Lipinski definition) is 0. The van der Waals surface area contributed by atoms with Crippen LogP contribution in [-0.4, -0.2) is 9.78 Å². The van der Waals surface area contributed by atoms with Crippen molar-refractivity contribution in [1.29, 1.82) is 0 Å². The van der Waals surface area contributed by atoms with E-state index in [0.717, 1.165) is 0 Å². The molecule has 0 N–H and O–H groups in total. The number of aromatic nitrogens is 2. The lowest BCUT2D eigenvalue weighted by molar-refractivity contribution is 0.589. The van der Waals surface area contributed by atoms with E-state index in [1.807, 2.05) is 0 Å². The highest BCUT2D eigenvalue weighted by molar-refractivity contribution is 5.63. The molecule has 2 aromatic rings. The zero-order valence-corrected chi connectivity index (χ0v) is 7.54. The Hall–Kier alpha value is -1.71. The van der Waals surface area contributed by atoms with Gasteiger partial charge >= 0.3 is 0 Å². The first-order chi connectivity index (χ1) is 6.68. The van der Waals surface area contributed by atoms with E-state index < -0.39 is 11.6 Å². The lowest BCUT2D eigenvalue weighted by atomic mass is 10.1. The molecule has 0 spiro atoms. The first-order valence-corrected chi connectivity index (χ1v) is 4.11. The molecule has 2 rings (SSSR count). The average Bonchev–Trinajstić information content (AvgIpc) is 2.51. The largest absolute Gasteiger partial charge is 0.275 e. The molecule has 1 aromatic carbocycles. The van der Waals surface area contributed by atoms with Gasteiger partial charge in [0.25, 0.3) is 0 Å². The summed E-state index contributed by atoms with van der Waals surface area (Å²) >= 11 is 0. The van der Waals surface area contributed by atoms with Crippen molar-refractivity contribution in [2.45, 2.75) is 0 Å². The molecule has 1 aromatic heterocycles. The molecule has 4 heteroatoms. The number of nitrogens with zero attached hydrogens (tertiary/aromatic N) is 2. The summed E-state index contributed by atoms with van der Waals surface area (Å²) in [5.41, 5.74) is 0.420. The van der Waals surface area contributed by atoms with E-state index in [1.165, 1.54) is 29.1 Å². The van der Waals surface area contributed by atoms with Crippen molar-refractivity contribution in [3.05, 3.63) is 42.2 Å². The van der Waals surface area contributed by atoms with Crippen molar-refractivity contribution in [3.63, 3.8) is 0 Å². The van der Waals surface area contributed by atoms with E-state index in [0.29, 0.717) is 5.56 Å². The van der Waals surface area contributed by atoms with Crippen LogP contribution >= 0.6 is 0 Å². The summed E-state index contributed by atoms with van der Waals surface area (Å²) in [4.78, 5) is 0. The molecule has 0 aliphatic rings. The van der Waals surface area contributed by atoms with Gasteiger partial charge in [0.05, 0.1) is 11.8 Å². The molecule has 0 aliphatic carbocycles. The molecule has 14 heavy (non-hydrogen) atoms. The van der Waals surface area contributed by atoms with Crippen molar-refractivity contribution in [3.8, 4) is 11.1 Å². The van der Waals surface area contributed by atoms with Crippen LogP contribution in [0.4, 0.5) is 8.78 Å². The maximum Gasteiger partial charge on any atom is 0.134 e. The molecule has 0 fully saturated rings. The third-order valence-electron chi connectivity index (χ3n) is 1.96. The highest BCUT2D eigenvalue weighted by Gasteiger charge is 2.11. The van der Waals surface area contributed by atoms with Gasteiger partial charge in [-0.25, -0.2) is 8.78 Å². The fourth-order valence-corrected chi connectivity index (χ4v) is 1.32. The third kappa shape index (κ3) is 1.39. The number of aryl methyl sites for hydroxylation is 1. The SMILES string of the molecule is Cn1cc(-c2c(F)cccc2F)cn1. The Morgan fingerprint density at radius 3 is 2.36 bits per heavy atom. The Morgan fingerprint density at radius 2 is 1.86 bits per heavy atom. The number of rotatable bonds is 1. The van der Waals surface area contributed by atoms with Gasteiger partial charge in [-0.15, -0.1) is 0 Å². The van der Waals surface area contributed by atoms with E-state index in [4.69, 9.17) is 0 Å². The average molecular weight is 194 g/mol. The van der Waals surface area contributed by atoms with E-state index in [-0.39, 0.29) is 5.56 Å². The molecule has 72 valence electrons. The van der Waals surface area contributed by atoms with Gasteiger partial charge < -0.3 is 0 Å². The maximum absolute atomic E-state index is 13.3. The minimum atomic E-state index is -0.571. The predicted molar refractivity (Wildman–Crippen MR) is 48.6 cm³/mol. The molecule has 0 radical (unpaired) electrons. The number of hydrogen-bond acceptors (Lipinski definition) is 1. The van der Waals surface area contributed by atoms with Crippen LogP contribution < -0.4 is 0 Å². The minimum absolute atomic E-state index is 0.0272. The van der Waals surface area contributed by atoms with Crippen molar-refractivity contribution >= 4 is 0 Å². The summed E-state index contributed by atoms with van der Waals surface area (Å²) in [6.07, 6.45) is 3.00. The van der Waals surface area contributed by atoms with Crippen LogP contribution in [0.2, 0.25) is 0 Å².